The molecule has 8 nitrogen and oxygen atoms in total. The van der Waals surface area contributed by atoms with Gasteiger partial charge in [0.25, 0.3) is 0 Å². The number of phosphoric acid groups is 1. The van der Waals surface area contributed by atoms with Gasteiger partial charge in [0.2, 0.25) is 0 Å². The van der Waals surface area contributed by atoms with Crippen molar-refractivity contribution in [2.75, 3.05) is 0 Å². The second-order valence-electron chi connectivity index (χ2n) is 1.48. The van der Waals surface area contributed by atoms with E-state index in [1.54, 1.807) is 0 Å². The first-order valence-electron chi connectivity index (χ1n) is 2.35. The molecule has 0 rings (SSSR count). The van der Waals surface area contributed by atoms with E-state index in [1.165, 1.54) is 0 Å². The van der Waals surface area contributed by atoms with Gasteiger partial charge in [0.05, 0.1) is 0 Å². The maximum atomic E-state index is 9.43. The lowest BCUT2D eigenvalue weighted by Crippen LogP contribution is -2.03. The molecule has 0 fully saturated rings. The molecule has 0 atom stereocenters. The van der Waals surface area contributed by atoms with Gasteiger partial charge in [-0.25, -0.2) is 4.57 Å². The summed E-state index contributed by atoms with van der Waals surface area (Å²) in [6.07, 6.45) is -0.806. The highest BCUT2D eigenvalue weighted by molar-refractivity contribution is 7.45. The summed E-state index contributed by atoms with van der Waals surface area (Å²) in [6.45, 7) is 0. The van der Waals surface area contributed by atoms with Crippen LogP contribution in [0.2, 0.25) is 0 Å². The van der Waals surface area contributed by atoms with Crippen molar-refractivity contribution in [2.45, 2.75) is 6.42 Å². The van der Waals surface area contributed by atoms with Crippen molar-refractivity contribution in [3.8, 4) is 0 Å². The first-order chi connectivity index (χ1) is 5.13. The largest absolute Gasteiger partial charge is 0.481 e. The van der Waals surface area contributed by atoms with Crippen molar-refractivity contribution < 1.29 is 39.0 Å². The average molecular weight is 202 g/mol. The van der Waals surface area contributed by atoms with Crippen molar-refractivity contribution in [3.63, 3.8) is 0 Å². The van der Waals surface area contributed by atoms with Crippen molar-refractivity contribution in [3.05, 3.63) is 0 Å². The molecule has 0 amide bonds. The SMILES string of the molecule is O=C(O)CC(=O)O.O=P(O)(O)O. The summed E-state index contributed by atoms with van der Waals surface area (Å²) in [5, 5.41) is 15.4. The summed E-state index contributed by atoms with van der Waals surface area (Å²) < 4.78 is 8.88. The van der Waals surface area contributed by atoms with E-state index < -0.39 is 26.2 Å². The van der Waals surface area contributed by atoms with Crippen LogP contribution in [0.25, 0.3) is 0 Å². The first kappa shape index (κ1) is 13.6. The molecule has 5 N–H and O–H groups in total. The van der Waals surface area contributed by atoms with Crippen LogP contribution < -0.4 is 0 Å². The molecule has 0 aliphatic heterocycles. The highest BCUT2D eigenvalue weighted by Crippen LogP contribution is 2.25. The molecule has 12 heavy (non-hydrogen) atoms. The van der Waals surface area contributed by atoms with Crippen LogP contribution in [0.4, 0.5) is 0 Å². The van der Waals surface area contributed by atoms with E-state index in [9.17, 15) is 9.59 Å². The van der Waals surface area contributed by atoms with Crippen LogP contribution in [0.15, 0.2) is 0 Å². The van der Waals surface area contributed by atoms with E-state index in [1.807, 2.05) is 0 Å². The minimum atomic E-state index is -4.64. The highest BCUT2D eigenvalue weighted by atomic mass is 31.2. The third kappa shape index (κ3) is 63.0. The number of aliphatic carboxylic acids is 2. The molecule has 0 aromatic rings. The van der Waals surface area contributed by atoms with Gasteiger partial charge in [-0.3, -0.25) is 9.59 Å². The monoisotopic (exact) mass is 202 g/mol. The van der Waals surface area contributed by atoms with Gasteiger partial charge < -0.3 is 24.9 Å². The second kappa shape index (κ2) is 5.67. The lowest BCUT2D eigenvalue weighted by Gasteiger charge is -1.82. The van der Waals surface area contributed by atoms with Gasteiger partial charge in [0.1, 0.15) is 6.42 Å². The number of carboxylic acids is 2. The minimum Gasteiger partial charge on any atom is -0.481 e. The van der Waals surface area contributed by atoms with E-state index >= 15 is 0 Å². The number of carbonyl (C=O) groups is 2. The highest BCUT2D eigenvalue weighted by Gasteiger charge is 2.01. The van der Waals surface area contributed by atoms with Crippen molar-refractivity contribution in [1.82, 2.24) is 0 Å². The van der Waals surface area contributed by atoms with Crippen LogP contribution in [-0.2, 0) is 14.2 Å². The first-order valence-corrected chi connectivity index (χ1v) is 3.91. The van der Waals surface area contributed by atoms with E-state index in [0.717, 1.165) is 0 Å². The zero-order valence-electron chi connectivity index (χ0n) is 5.62. The molecule has 0 aromatic carbocycles. The number of hydrogen-bond acceptors (Lipinski definition) is 3. The second-order valence-corrected chi connectivity index (χ2v) is 2.50. The fourth-order valence-electron chi connectivity index (χ4n) is 0.129. The maximum Gasteiger partial charge on any atom is 0.466 e. The van der Waals surface area contributed by atoms with E-state index in [0.29, 0.717) is 0 Å². The Kier molecular flexibility index (Phi) is 6.44. The van der Waals surface area contributed by atoms with Crippen LogP contribution in [0.5, 0.6) is 0 Å². The number of carboxylic acid groups (broad SMARTS) is 2. The molecule has 0 aromatic heterocycles. The molecular weight excluding hydrogens is 195 g/mol. The normalized spacial score (nSPS) is 9.58. The molecule has 0 aliphatic carbocycles. The van der Waals surface area contributed by atoms with Gasteiger partial charge in [-0.05, 0) is 0 Å². The summed E-state index contributed by atoms with van der Waals surface area (Å²) >= 11 is 0. The van der Waals surface area contributed by atoms with Crippen LogP contribution in [0.1, 0.15) is 6.42 Å². The molecular formula is C3H7O8P. The molecule has 0 bridgehead atoms. The van der Waals surface area contributed by atoms with Gasteiger partial charge in [-0.1, -0.05) is 0 Å². The number of rotatable bonds is 2. The molecule has 9 heteroatoms. The quantitative estimate of drug-likeness (QED) is 0.271. The van der Waals surface area contributed by atoms with Crippen molar-refractivity contribution in [1.29, 1.82) is 0 Å². The van der Waals surface area contributed by atoms with Gasteiger partial charge in [-0.2, -0.15) is 0 Å². The third-order valence-electron chi connectivity index (χ3n) is 0.302. The predicted molar refractivity (Wildman–Crippen MR) is 34.2 cm³/mol. The Labute approximate surface area is 66.3 Å². The predicted octanol–water partition coefficient (Wildman–Crippen LogP) is -1.38. The zero-order valence-corrected chi connectivity index (χ0v) is 6.51. The van der Waals surface area contributed by atoms with E-state index in [2.05, 4.69) is 0 Å². The molecule has 0 aliphatic rings. The summed E-state index contributed by atoms with van der Waals surface area (Å²) in [5.74, 6) is -2.62. The van der Waals surface area contributed by atoms with E-state index in [4.69, 9.17) is 29.5 Å². The molecule has 0 spiro atoms. The third-order valence-corrected chi connectivity index (χ3v) is 0.302. The van der Waals surface area contributed by atoms with Crippen LogP contribution in [0, 0.1) is 0 Å². The Bertz CT molecular complexity index is 182. The summed E-state index contributed by atoms with van der Waals surface area (Å²) in [7, 11) is -4.64. The Morgan fingerprint density at radius 2 is 1.17 bits per heavy atom. The Balaban J connectivity index is 0. The molecule has 0 saturated heterocycles. The topological polar surface area (TPSA) is 152 Å². The van der Waals surface area contributed by atoms with E-state index in [-0.39, 0.29) is 0 Å². The van der Waals surface area contributed by atoms with Crippen LogP contribution >= 0.6 is 7.82 Å². The lowest BCUT2D eigenvalue weighted by atomic mass is 10.5. The Morgan fingerprint density at radius 1 is 1.00 bits per heavy atom. The Morgan fingerprint density at radius 3 is 1.17 bits per heavy atom. The van der Waals surface area contributed by atoms with Gasteiger partial charge >= 0.3 is 19.8 Å². The van der Waals surface area contributed by atoms with Crippen molar-refractivity contribution in [2.24, 2.45) is 0 Å². The summed E-state index contributed by atoms with van der Waals surface area (Å²) in [6, 6.07) is 0. The van der Waals surface area contributed by atoms with Crippen LogP contribution in [0.3, 0.4) is 0 Å². The maximum absolute atomic E-state index is 9.43. The molecule has 72 valence electrons. The van der Waals surface area contributed by atoms with Crippen LogP contribution in [-0.4, -0.2) is 36.8 Å². The minimum absolute atomic E-state index is 0.806. The standard InChI is InChI=1S/C3H4O4.H3O4P/c4-2(5)1-3(6)7;1-5(2,3)4/h1H2,(H,4,5)(H,6,7);(H3,1,2,3,4). The zero-order chi connectivity index (χ0) is 10.4. The summed E-state index contributed by atoms with van der Waals surface area (Å²) in [4.78, 5) is 40.4. The van der Waals surface area contributed by atoms with Gasteiger partial charge in [0.15, 0.2) is 0 Å². The lowest BCUT2D eigenvalue weighted by molar-refractivity contribution is -0.147. The molecule has 0 heterocycles. The molecule has 0 unspecified atom stereocenters. The van der Waals surface area contributed by atoms with Gasteiger partial charge in [-0.15, -0.1) is 0 Å². The summed E-state index contributed by atoms with van der Waals surface area (Å²) in [5.41, 5.74) is 0. The molecule has 0 radical (unpaired) electrons. The van der Waals surface area contributed by atoms with Gasteiger partial charge in [0, 0.05) is 0 Å². The van der Waals surface area contributed by atoms with Crippen molar-refractivity contribution >= 4 is 19.8 Å². The smallest absolute Gasteiger partial charge is 0.466 e. The fourth-order valence-corrected chi connectivity index (χ4v) is 0.129. The fraction of sp³-hybridized carbons (Fsp3) is 0.333. The average Bonchev–Trinajstić information content (AvgIpc) is 1.52. The molecule has 0 saturated carbocycles. The number of hydrogen-bond donors (Lipinski definition) is 5. The Hall–Kier alpha value is -0.950.